The Labute approximate surface area is 143 Å². The second-order valence-corrected chi connectivity index (χ2v) is 6.52. The number of ether oxygens (including phenoxy) is 2. The Balaban J connectivity index is 1.42. The lowest BCUT2D eigenvalue weighted by molar-refractivity contribution is -0.892. The molecule has 0 unspecified atom stereocenters. The van der Waals surface area contributed by atoms with E-state index in [0.29, 0.717) is 13.1 Å². The van der Waals surface area contributed by atoms with Gasteiger partial charge in [0, 0.05) is 13.2 Å². The SMILES string of the molecule is COc1ccccc1N1CC[NH+](CC(=O)NC[C@H]2CCCO2)CC1. The fourth-order valence-electron chi connectivity index (χ4n) is 3.45. The van der Waals surface area contributed by atoms with Crippen molar-refractivity contribution in [2.75, 3.05) is 57.9 Å². The van der Waals surface area contributed by atoms with Crippen molar-refractivity contribution in [3.8, 4) is 5.75 Å². The van der Waals surface area contributed by atoms with Crippen LogP contribution >= 0.6 is 0 Å². The molecule has 3 rings (SSSR count). The zero-order valence-electron chi connectivity index (χ0n) is 14.4. The van der Waals surface area contributed by atoms with Gasteiger partial charge in [0.15, 0.2) is 6.54 Å². The summed E-state index contributed by atoms with van der Waals surface area (Å²) < 4.78 is 11.0. The molecule has 2 N–H and O–H groups in total. The molecule has 1 amide bonds. The lowest BCUT2D eigenvalue weighted by atomic mass is 10.2. The van der Waals surface area contributed by atoms with E-state index < -0.39 is 0 Å². The minimum absolute atomic E-state index is 0.131. The molecule has 6 heteroatoms. The van der Waals surface area contributed by atoms with Gasteiger partial charge in [-0.05, 0) is 25.0 Å². The van der Waals surface area contributed by atoms with Crippen molar-refractivity contribution in [1.29, 1.82) is 0 Å². The van der Waals surface area contributed by atoms with Gasteiger partial charge in [-0.1, -0.05) is 12.1 Å². The summed E-state index contributed by atoms with van der Waals surface area (Å²) in [5.41, 5.74) is 1.14. The topological polar surface area (TPSA) is 55.2 Å². The number of carbonyl (C=O) groups is 1. The Morgan fingerprint density at radius 3 is 2.88 bits per heavy atom. The van der Waals surface area contributed by atoms with Gasteiger partial charge in [0.2, 0.25) is 0 Å². The van der Waals surface area contributed by atoms with Gasteiger partial charge in [0.1, 0.15) is 5.75 Å². The summed E-state index contributed by atoms with van der Waals surface area (Å²) >= 11 is 0. The van der Waals surface area contributed by atoms with E-state index >= 15 is 0 Å². The Hall–Kier alpha value is -1.79. The molecule has 0 aromatic heterocycles. The molecule has 2 saturated heterocycles. The first-order valence-electron chi connectivity index (χ1n) is 8.86. The van der Waals surface area contributed by atoms with Crippen molar-refractivity contribution in [3.05, 3.63) is 24.3 Å². The van der Waals surface area contributed by atoms with Gasteiger partial charge in [0.25, 0.3) is 5.91 Å². The number of nitrogens with one attached hydrogen (secondary N) is 2. The fraction of sp³-hybridized carbons (Fsp3) is 0.611. The van der Waals surface area contributed by atoms with Crippen molar-refractivity contribution < 1.29 is 19.2 Å². The molecule has 0 radical (unpaired) electrons. The third kappa shape index (κ3) is 4.39. The maximum absolute atomic E-state index is 12.1. The summed E-state index contributed by atoms with van der Waals surface area (Å²) in [6, 6.07) is 8.11. The van der Waals surface area contributed by atoms with E-state index in [2.05, 4.69) is 16.3 Å². The maximum Gasteiger partial charge on any atom is 0.275 e. The third-order valence-electron chi connectivity index (χ3n) is 4.86. The first-order valence-corrected chi connectivity index (χ1v) is 8.86. The highest BCUT2D eigenvalue weighted by Gasteiger charge is 2.24. The van der Waals surface area contributed by atoms with E-state index in [1.165, 1.54) is 4.90 Å². The molecule has 1 aromatic carbocycles. The van der Waals surface area contributed by atoms with Crippen molar-refractivity contribution >= 4 is 11.6 Å². The first-order chi connectivity index (χ1) is 11.8. The number of carbonyl (C=O) groups excluding carboxylic acids is 1. The molecule has 6 nitrogen and oxygen atoms in total. The number of methoxy groups -OCH3 is 1. The van der Waals surface area contributed by atoms with Gasteiger partial charge >= 0.3 is 0 Å². The zero-order valence-corrected chi connectivity index (χ0v) is 14.4. The lowest BCUT2D eigenvalue weighted by Crippen LogP contribution is -3.16. The summed E-state index contributed by atoms with van der Waals surface area (Å²) in [5, 5.41) is 3.01. The fourth-order valence-corrected chi connectivity index (χ4v) is 3.45. The average Bonchev–Trinajstić information content (AvgIpc) is 3.14. The molecule has 0 bridgehead atoms. The molecule has 2 aliphatic heterocycles. The first kappa shape index (κ1) is 17.0. The summed E-state index contributed by atoms with van der Waals surface area (Å²) in [7, 11) is 1.71. The predicted molar refractivity (Wildman–Crippen MR) is 92.8 cm³/mol. The van der Waals surface area contributed by atoms with Gasteiger partial charge in [-0.2, -0.15) is 0 Å². The number of quaternary nitrogens is 1. The normalized spacial score (nSPS) is 21.7. The largest absolute Gasteiger partial charge is 0.495 e. The molecule has 1 aromatic rings. The summed E-state index contributed by atoms with van der Waals surface area (Å²) in [6.45, 7) is 5.84. The van der Waals surface area contributed by atoms with Crippen LogP contribution in [0.15, 0.2) is 24.3 Å². The summed E-state index contributed by atoms with van der Waals surface area (Å²) in [5.74, 6) is 1.04. The van der Waals surface area contributed by atoms with Crippen LogP contribution in [0.2, 0.25) is 0 Å². The monoisotopic (exact) mass is 334 g/mol. The number of piperazine rings is 1. The maximum atomic E-state index is 12.1. The van der Waals surface area contributed by atoms with Crippen molar-refractivity contribution in [2.45, 2.75) is 18.9 Å². The van der Waals surface area contributed by atoms with Crippen molar-refractivity contribution in [3.63, 3.8) is 0 Å². The molecule has 0 saturated carbocycles. The molecule has 2 fully saturated rings. The highest BCUT2D eigenvalue weighted by molar-refractivity contribution is 5.76. The van der Waals surface area contributed by atoms with Crippen LogP contribution in [0.1, 0.15) is 12.8 Å². The number of rotatable bonds is 6. The highest BCUT2D eigenvalue weighted by Crippen LogP contribution is 2.27. The van der Waals surface area contributed by atoms with Crippen LogP contribution in [0, 0.1) is 0 Å². The van der Waals surface area contributed by atoms with E-state index in [0.717, 1.165) is 57.1 Å². The number of hydrogen-bond acceptors (Lipinski definition) is 4. The number of benzene rings is 1. The zero-order chi connectivity index (χ0) is 16.8. The predicted octanol–water partition coefficient (Wildman–Crippen LogP) is -0.305. The van der Waals surface area contributed by atoms with Crippen LogP contribution in [0.25, 0.3) is 0 Å². The van der Waals surface area contributed by atoms with Crippen LogP contribution in [0.3, 0.4) is 0 Å². The number of anilines is 1. The van der Waals surface area contributed by atoms with Crippen LogP contribution in [0.4, 0.5) is 5.69 Å². The Morgan fingerprint density at radius 1 is 1.38 bits per heavy atom. The number of nitrogens with zero attached hydrogens (tertiary/aromatic N) is 1. The highest BCUT2D eigenvalue weighted by atomic mass is 16.5. The summed E-state index contributed by atoms with van der Waals surface area (Å²) in [4.78, 5) is 15.8. The van der Waals surface area contributed by atoms with Crippen molar-refractivity contribution in [2.24, 2.45) is 0 Å². The minimum Gasteiger partial charge on any atom is -0.495 e. The third-order valence-corrected chi connectivity index (χ3v) is 4.86. The Kier molecular flexibility index (Phi) is 5.93. The van der Waals surface area contributed by atoms with Crippen LogP contribution in [0.5, 0.6) is 5.75 Å². The smallest absolute Gasteiger partial charge is 0.275 e. The molecular formula is C18H28N3O3+. The quantitative estimate of drug-likeness (QED) is 0.750. The second-order valence-electron chi connectivity index (χ2n) is 6.52. The molecule has 0 spiro atoms. The van der Waals surface area contributed by atoms with E-state index in [1.54, 1.807) is 7.11 Å². The minimum atomic E-state index is 0.131. The Bertz CT molecular complexity index is 538. The van der Waals surface area contributed by atoms with Gasteiger partial charge in [0.05, 0.1) is 45.1 Å². The molecule has 24 heavy (non-hydrogen) atoms. The van der Waals surface area contributed by atoms with Gasteiger partial charge in [-0.15, -0.1) is 0 Å². The van der Waals surface area contributed by atoms with Gasteiger partial charge in [-0.3, -0.25) is 4.79 Å². The number of para-hydroxylation sites is 2. The van der Waals surface area contributed by atoms with Crippen molar-refractivity contribution in [1.82, 2.24) is 5.32 Å². The standard InChI is InChI=1S/C18H27N3O3/c1-23-17-7-3-2-6-16(17)21-10-8-20(9-11-21)14-18(22)19-13-15-5-4-12-24-15/h2-3,6-7,15H,4-5,8-14H2,1H3,(H,19,22)/p+1/t15-/m1/s1. The van der Waals surface area contributed by atoms with E-state index in [4.69, 9.17) is 9.47 Å². The average molecular weight is 334 g/mol. The van der Waals surface area contributed by atoms with Gasteiger partial charge < -0.3 is 24.6 Å². The van der Waals surface area contributed by atoms with Gasteiger partial charge in [-0.25, -0.2) is 0 Å². The molecule has 2 aliphatic rings. The van der Waals surface area contributed by atoms with E-state index in [1.807, 2.05) is 18.2 Å². The molecule has 0 aliphatic carbocycles. The van der Waals surface area contributed by atoms with E-state index in [-0.39, 0.29) is 12.0 Å². The molecule has 132 valence electrons. The molecule has 1 atom stereocenters. The number of amides is 1. The lowest BCUT2D eigenvalue weighted by Gasteiger charge is -2.34. The van der Waals surface area contributed by atoms with Crippen LogP contribution in [-0.2, 0) is 9.53 Å². The van der Waals surface area contributed by atoms with Crippen LogP contribution < -0.4 is 19.9 Å². The second kappa shape index (κ2) is 8.35. The summed E-state index contributed by atoms with van der Waals surface area (Å²) in [6.07, 6.45) is 2.38. The Morgan fingerprint density at radius 2 is 2.17 bits per heavy atom. The molecule has 2 heterocycles. The molecular weight excluding hydrogens is 306 g/mol. The number of hydrogen-bond donors (Lipinski definition) is 2. The van der Waals surface area contributed by atoms with E-state index in [9.17, 15) is 4.79 Å². The van der Waals surface area contributed by atoms with Crippen LogP contribution in [-0.4, -0.2) is 65.0 Å².